The van der Waals surface area contributed by atoms with E-state index in [0.717, 1.165) is 23.6 Å². The summed E-state index contributed by atoms with van der Waals surface area (Å²) in [5.74, 6) is 2.30. The van der Waals surface area contributed by atoms with Gasteiger partial charge in [-0.3, -0.25) is 4.79 Å². The Kier molecular flexibility index (Phi) is 3.42. The fourth-order valence-electron chi connectivity index (χ4n) is 2.18. The molecular formula is C17H17NO2. The van der Waals surface area contributed by atoms with Crippen molar-refractivity contribution in [3.05, 3.63) is 54.6 Å². The van der Waals surface area contributed by atoms with Gasteiger partial charge in [0.2, 0.25) is 5.91 Å². The number of carbonyl (C=O) groups is 1. The van der Waals surface area contributed by atoms with Crippen LogP contribution >= 0.6 is 0 Å². The lowest BCUT2D eigenvalue weighted by Gasteiger charge is -2.08. The van der Waals surface area contributed by atoms with Crippen LogP contribution in [0.3, 0.4) is 0 Å². The molecule has 20 heavy (non-hydrogen) atoms. The predicted molar refractivity (Wildman–Crippen MR) is 78.9 cm³/mol. The zero-order valence-electron chi connectivity index (χ0n) is 11.4. The molecule has 1 amide bonds. The third kappa shape index (κ3) is 2.99. The summed E-state index contributed by atoms with van der Waals surface area (Å²) < 4.78 is 5.75. The average Bonchev–Trinajstić information content (AvgIpc) is 3.18. The normalized spacial score (nSPS) is 20.2. The molecule has 2 unspecified atom stereocenters. The van der Waals surface area contributed by atoms with Crippen LogP contribution in [0.2, 0.25) is 0 Å². The van der Waals surface area contributed by atoms with E-state index in [1.807, 2.05) is 54.6 Å². The molecule has 2 aromatic carbocycles. The number of carbonyl (C=O) groups excluding carboxylic acids is 1. The molecule has 3 nitrogen and oxygen atoms in total. The van der Waals surface area contributed by atoms with Crippen molar-refractivity contribution in [3.8, 4) is 11.5 Å². The summed E-state index contributed by atoms with van der Waals surface area (Å²) in [6.45, 7) is 2.10. The number of nitrogens with one attached hydrogen (secondary N) is 1. The third-order valence-corrected chi connectivity index (χ3v) is 3.53. The molecule has 0 spiro atoms. The van der Waals surface area contributed by atoms with Crippen LogP contribution in [-0.4, -0.2) is 5.91 Å². The van der Waals surface area contributed by atoms with Crippen molar-refractivity contribution >= 4 is 11.6 Å². The number of anilines is 1. The Bertz CT molecular complexity index is 609. The highest BCUT2D eigenvalue weighted by atomic mass is 16.5. The van der Waals surface area contributed by atoms with E-state index in [1.165, 1.54) is 0 Å². The second-order valence-electron chi connectivity index (χ2n) is 5.25. The fraction of sp³-hybridized carbons (Fsp3) is 0.235. The molecule has 0 radical (unpaired) electrons. The zero-order valence-corrected chi connectivity index (χ0v) is 11.4. The van der Waals surface area contributed by atoms with Crippen molar-refractivity contribution in [1.29, 1.82) is 0 Å². The smallest absolute Gasteiger partial charge is 0.227 e. The lowest BCUT2D eigenvalue weighted by atomic mass is 10.2. The second-order valence-corrected chi connectivity index (χ2v) is 5.25. The van der Waals surface area contributed by atoms with Gasteiger partial charge in [-0.15, -0.1) is 0 Å². The van der Waals surface area contributed by atoms with Crippen molar-refractivity contribution < 1.29 is 9.53 Å². The quantitative estimate of drug-likeness (QED) is 0.906. The summed E-state index contributed by atoms with van der Waals surface area (Å²) in [4.78, 5) is 11.9. The maximum Gasteiger partial charge on any atom is 0.227 e. The van der Waals surface area contributed by atoms with Gasteiger partial charge in [0.1, 0.15) is 11.5 Å². The first-order valence-corrected chi connectivity index (χ1v) is 6.86. The van der Waals surface area contributed by atoms with Gasteiger partial charge in [-0.2, -0.15) is 0 Å². The summed E-state index contributed by atoms with van der Waals surface area (Å²) in [5, 5.41) is 2.94. The van der Waals surface area contributed by atoms with Crippen molar-refractivity contribution in [1.82, 2.24) is 0 Å². The van der Waals surface area contributed by atoms with E-state index in [4.69, 9.17) is 4.74 Å². The number of benzene rings is 2. The number of hydrogen-bond donors (Lipinski definition) is 1. The van der Waals surface area contributed by atoms with E-state index in [-0.39, 0.29) is 11.8 Å². The summed E-state index contributed by atoms with van der Waals surface area (Å²) in [7, 11) is 0. The molecule has 0 aliphatic heterocycles. The van der Waals surface area contributed by atoms with Crippen molar-refractivity contribution in [2.24, 2.45) is 11.8 Å². The molecule has 2 atom stereocenters. The first-order valence-electron chi connectivity index (χ1n) is 6.86. The van der Waals surface area contributed by atoms with Gasteiger partial charge in [-0.1, -0.05) is 31.2 Å². The zero-order chi connectivity index (χ0) is 13.9. The Labute approximate surface area is 118 Å². The summed E-state index contributed by atoms with van der Waals surface area (Å²) in [6.07, 6.45) is 0.992. The van der Waals surface area contributed by atoms with Crippen LogP contribution < -0.4 is 10.1 Å². The van der Waals surface area contributed by atoms with Gasteiger partial charge in [0.25, 0.3) is 0 Å². The molecular weight excluding hydrogens is 250 g/mol. The van der Waals surface area contributed by atoms with Crippen LogP contribution in [0.25, 0.3) is 0 Å². The highest BCUT2D eigenvalue weighted by Crippen LogP contribution is 2.38. The van der Waals surface area contributed by atoms with Crippen LogP contribution in [0.15, 0.2) is 54.6 Å². The predicted octanol–water partition coefficient (Wildman–Crippen LogP) is 4.07. The first-order chi connectivity index (χ1) is 9.72. The van der Waals surface area contributed by atoms with Gasteiger partial charge in [0.05, 0.1) is 0 Å². The molecule has 0 bridgehead atoms. The molecule has 1 aliphatic carbocycles. The standard InChI is InChI=1S/C17H17NO2/c1-12-10-16(12)17(19)18-13-6-5-9-15(11-13)20-14-7-3-2-4-8-14/h2-9,11-12,16H,10H2,1H3,(H,18,19). The molecule has 0 aromatic heterocycles. The minimum atomic E-state index is 0.106. The Balaban J connectivity index is 1.68. The highest BCUT2D eigenvalue weighted by molar-refractivity contribution is 5.94. The van der Waals surface area contributed by atoms with Crippen molar-refractivity contribution in [3.63, 3.8) is 0 Å². The molecule has 102 valence electrons. The second kappa shape index (κ2) is 5.37. The third-order valence-electron chi connectivity index (χ3n) is 3.53. The lowest BCUT2D eigenvalue weighted by Crippen LogP contribution is -2.14. The first kappa shape index (κ1) is 12.7. The molecule has 1 aliphatic rings. The molecule has 0 saturated heterocycles. The maximum atomic E-state index is 11.9. The highest BCUT2D eigenvalue weighted by Gasteiger charge is 2.39. The topological polar surface area (TPSA) is 38.3 Å². The van der Waals surface area contributed by atoms with Crippen molar-refractivity contribution in [2.45, 2.75) is 13.3 Å². The average molecular weight is 267 g/mol. The largest absolute Gasteiger partial charge is 0.457 e. The molecule has 3 heteroatoms. The van der Waals surface area contributed by atoms with Gasteiger partial charge in [-0.25, -0.2) is 0 Å². The summed E-state index contributed by atoms with van der Waals surface area (Å²) >= 11 is 0. The number of ether oxygens (including phenoxy) is 1. The van der Waals surface area contributed by atoms with E-state index in [9.17, 15) is 4.79 Å². The minimum Gasteiger partial charge on any atom is -0.457 e. The molecule has 0 heterocycles. The molecule has 3 rings (SSSR count). The van der Waals surface area contributed by atoms with Crippen LogP contribution in [0.5, 0.6) is 11.5 Å². The SMILES string of the molecule is CC1CC1C(=O)Nc1cccc(Oc2ccccc2)c1. The fourth-order valence-corrected chi connectivity index (χ4v) is 2.18. The van der Waals surface area contributed by atoms with Gasteiger partial charge in [0, 0.05) is 17.7 Å². The Morgan fingerprint density at radius 3 is 2.50 bits per heavy atom. The Morgan fingerprint density at radius 2 is 1.80 bits per heavy atom. The summed E-state index contributed by atoms with van der Waals surface area (Å²) in [5.41, 5.74) is 0.780. The van der Waals surface area contributed by atoms with Gasteiger partial charge in [0.15, 0.2) is 0 Å². The van der Waals surface area contributed by atoms with Gasteiger partial charge in [-0.05, 0) is 36.6 Å². The van der Waals surface area contributed by atoms with Gasteiger partial charge >= 0.3 is 0 Å². The molecule has 1 saturated carbocycles. The maximum absolute atomic E-state index is 11.9. The minimum absolute atomic E-state index is 0.106. The Hall–Kier alpha value is -2.29. The van der Waals surface area contributed by atoms with Crippen LogP contribution in [0, 0.1) is 11.8 Å². The number of rotatable bonds is 4. The molecule has 1 N–H and O–H groups in total. The van der Waals surface area contributed by atoms with Crippen LogP contribution in [-0.2, 0) is 4.79 Å². The van der Waals surface area contributed by atoms with E-state index in [2.05, 4.69) is 12.2 Å². The van der Waals surface area contributed by atoms with Crippen molar-refractivity contribution in [2.75, 3.05) is 5.32 Å². The Morgan fingerprint density at radius 1 is 1.10 bits per heavy atom. The van der Waals surface area contributed by atoms with Crippen LogP contribution in [0.4, 0.5) is 5.69 Å². The number of para-hydroxylation sites is 1. The van der Waals surface area contributed by atoms with E-state index < -0.39 is 0 Å². The van der Waals surface area contributed by atoms with Crippen LogP contribution in [0.1, 0.15) is 13.3 Å². The van der Waals surface area contributed by atoms with Gasteiger partial charge < -0.3 is 10.1 Å². The monoisotopic (exact) mass is 267 g/mol. The molecule has 2 aromatic rings. The number of hydrogen-bond acceptors (Lipinski definition) is 2. The van der Waals surface area contributed by atoms with E-state index in [0.29, 0.717) is 5.92 Å². The van der Waals surface area contributed by atoms with E-state index in [1.54, 1.807) is 0 Å². The molecule has 1 fully saturated rings. The van der Waals surface area contributed by atoms with E-state index >= 15 is 0 Å². The number of amides is 1. The summed E-state index contributed by atoms with van der Waals surface area (Å²) in [6, 6.07) is 17.1. The lowest BCUT2D eigenvalue weighted by molar-refractivity contribution is -0.117.